The fraction of sp³-hybridized carbons (Fsp3) is 0.321. The third-order valence-electron chi connectivity index (χ3n) is 5.58. The van der Waals surface area contributed by atoms with Crippen LogP contribution >= 0.6 is 0 Å². The number of carbonyl (C=O) groups excluding carboxylic acids is 1. The zero-order valence-corrected chi connectivity index (χ0v) is 19.4. The normalized spacial score (nSPS) is 11.8. The van der Waals surface area contributed by atoms with E-state index in [4.69, 9.17) is 9.47 Å². The number of esters is 1. The second kappa shape index (κ2) is 11.6. The quantitative estimate of drug-likeness (QED) is 0.179. The van der Waals surface area contributed by atoms with Gasteiger partial charge in [-0.2, -0.15) is 0 Å². The van der Waals surface area contributed by atoms with Gasteiger partial charge in [0.2, 0.25) is 0 Å². The number of hydrogen-bond acceptors (Lipinski definition) is 3. The first kappa shape index (κ1) is 24.4. The molecular weight excluding hydrogens is 422 g/mol. The molecule has 0 amide bonds. The standard InChI is InChI=1S/C28H30F2O3/c1-4-6-7-8-20-9-11-21(12-10-20)24-17-18-25(27(30)26(24)29)28(31)33-23-15-13-22(14-16-23)32-19(3)5-2/h9-19H,4-8H2,1-3H3/t19-/m1/s1. The summed E-state index contributed by atoms with van der Waals surface area (Å²) in [5.41, 5.74) is 1.37. The summed E-state index contributed by atoms with van der Waals surface area (Å²) in [6, 6.07) is 16.5. The lowest BCUT2D eigenvalue weighted by Crippen LogP contribution is -2.12. The van der Waals surface area contributed by atoms with Crippen LogP contribution in [0.2, 0.25) is 0 Å². The fourth-order valence-corrected chi connectivity index (χ4v) is 3.42. The van der Waals surface area contributed by atoms with E-state index in [0.29, 0.717) is 11.3 Å². The zero-order chi connectivity index (χ0) is 23.8. The van der Waals surface area contributed by atoms with Crippen molar-refractivity contribution in [3.8, 4) is 22.6 Å². The monoisotopic (exact) mass is 452 g/mol. The van der Waals surface area contributed by atoms with Gasteiger partial charge in [0.15, 0.2) is 11.6 Å². The minimum atomic E-state index is -1.22. The molecular formula is C28H30F2O3. The molecule has 3 rings (SSSR count). The van der Waals surface area contributed by atoms with Crippen LogP contribution in [0, 0.1) is 11.6 Å². The summed E-state index contributed by atoms with van der Waals surface area (Å²) in [6.07, 6.45) is 5.29. The Hall–Kier alpha value is -3.21. The Morgan fingerprint density at radius 1 is 0.848 bits per heavy atom. The van der Waals surface area contributed by atoms with E-state index in [1.54, 1.807) is 36.4 Å². The van der Waals surface area contributed by atoms with Crippen LogP contribution in [0.15, 0.2) is 60.7 Å². The lowest BCUT2D eigenvalue weighted by molar-refractivity contribution is 0.0728. The number of rotatable bonds is 10. The van der Waals surface area contributed by atoms with Gasteiger partial charge in [0.05, 0.1) is 11.7 Å². The molecule has 0 aromatic heterocycles. The summed E-state index contributed by atoms with van der Waals surface area (Å²) in [5.74, 6) is -2.39. The van der Waals surface area contributed by atoms with Crippen LogP contribution < -0.4 is 9.47 Å². The van der Waals surface area contributed by atoms with Gasteiger partial charge in [-0.25, -0.2) is 13.6 Å². The molecule has 3 nitrogen and oxygen atoms in total. The van der Waals surface area contributed by atoms with Crippen LogP contribution in [0.4, 0.5) is 8.78 Å². The van der Waals surface area contributed by atoms with Crippen molar-refractivity contribution in [1.82, 2.24) is 0 Å². The van der Waals surface area contributed by atoms with E-state index < -0.39 is 23.2 Å². The highest BCUT2D eigenvalue weighted by Gasteiger charge is 2.21. The number of unbranched alkanes of at least 4 members (excludes halogenated alkanes) is 2. The van der Waals surface area contributed by atoms with Gasteiger partial charge in [-0.05, 0) is 67.6 Å². The van der Waals surface area contributed by atoms with Crippen LogP contribution in [0.1, 0.15) is 62.4 Å². The Morgan fingerprint density at radius 3 is 2.15 bits per heavy atom. The molecule has 0 N–H and O–H groups in total. The Balaban J connectivity index is 1.71. The highest BCUT2D eigenvalue weighted by molar-refractivity contribution is 5.92. The Morgan fingerprint density at radius 2 is 1.52 bits per heavy atom. The van der Waals surface area contributed by atoms with Crippen molar-refractivity contribution in [2.24, 2.45) is 0 Å². The third kappa shape index (κ3) is 6.41. The highest BCUT2D eigenvalue weighted by Crippen LogP contribution is 2.28. The van der Waals surface area contributed by atoms with Gasteiger partial charge >= 0.3 is 5.97 Å². The smallest absolute Gasteiger partial charge is 0.346 e. The van der Waals surface area contributed by atoms with Gasteiger partial charge in [0, 0.05) is 5.56 Å². The minimum Gasteiger partial charge on any atom is -0.491 e. The van der Waals surface area contributed by atoms with Crippen molar-refractivity contribution in [2.75, 3.05) is 0 Å². The first-order valence-electron chi connectivity index (χ1n) is 11.5. The fourth-order valence-electron chi connectivity index (χ4n) is 3.42. The molecule has 0 radical (unpaired) electrons. The van der Waals surface area contributed by atoms with Gasteiger partial charge in [-0.3, -0.25) is 0 Å². The van der Waals surface area contributed by atoms with Crippen LogP contribution in [0.25, 0.3) is 11.1 Å². The summed E-state index contributed by atoms with van der Waals surface area (Å²) in [5, 5.41) is 0. The molecule has 3 aromatic carbocycles. The molecule has 0 heterocycles. The number of hydrogen-bond donors (Lipinski definition) is 0. The van der Waals surface area contributed by atoms with Crippen molar-refractivity contribution in [1.29, 1.82) is 0 Å². The van der Waals surface area contributed by atoms with E-state index in [9.17, 15) is 13.6 Å². The van der Waals surface area contributed by atoms with Crippen molar-refractivity contribution in [3.63, 3.8) is 0 Å². The number of benzene rings is 3. The first-order chi connectivity index (χ1) is 15.9. The topological polar surface area (TPSA) is 35.5 Å². The molecule has 0 fully saturated rings. The molecule has 0 saturated heterocycles. The molecule has 33 heavy (non-hydrogen) atoms. The molecule has 0 bridgehead atoms. The van der Waals surface area contributed by atoms with E-state index in [0.717, 1.165) is 37.7 Å². The van der Waals surface area contributed by atoms with Gasteiger partial charge in [-0.1, -0.05) is 57.0 Å². The summed E-state index contributed by atoms with van der Waals surface area (Å²) < 4.78 is 40.5. The van der Waals surface area contributed by atoms with Gasteiger partial charge in [-0.15, -0.1) is 0 Å². The molecule has 0 aliphatic heterocycles. The summed E-state index contributed by atoms with van der Waals surface area (Å²) in [6.45, 7) is 6.12. The van der Waals surface area contributed by atoms with E-state index in [-0.39, 0.29) is 17.4 Å². The minimum absolute atomic E-state index is 0.0613. The lowest BCUT2D eigenvalue weighted by Gasteiger charge is -2.13. The molecule has 0 aliphatic rings. The van der Waals surface area contributed by atoms with Crippen LogP contribution in [-0.2, 0) is 6.42 Å². The third-order valence-corrected chi connectivity index (χ3v) is 5.58. The van der Waals surface area contributed by atoms with E-state index in [2.05, 4.69) is 6.92 Å². The number of halogens is 2. The predicted molar refractivity (Wildman–Crippen MR) is 127 cm³/mol. The van der Waals surface area contributed by atoms with Crippen molar-refractivity contribution in [2.45, 2.75) is 59.0 Å². The zero-order valence-electron chi connectivity index (χ0n) is 19.4. The average Bonchev–Trinajstić information content (AvgIpc) is 2.82. The molecule has 0 spiro atoms. The first-order valence-corrected chi connectivity index (χ1v) is 11.5. The second-order valence-corrected chi connectivity index (χ2v) is 8.14. The Labute approximate surface area is 194 Å². The van der Waals surface area contributed by atoms with E-state index in [1.165, 1.54) is 12.1 Å². The number of aryl methyl sites for hydroxylation is 1. The van der Waals surface area contributed by atoms with E-state index in [1.807, 2.05) is 26.0 Å². The average molecular weight is 453 g/mol. The van der Waals surface area contributed by atoms with Crippen molar-refractivity contribution < 1.29 is 23.0 Å². The Kier molecular flexibility index (Phi) is 8.58. The largest absolute Gasteiger partial charge is 0.491 e. The summed E-state index contributed by atoms with van der Waals surface area (Å²) in [4.78, 5) is 12.5. The van der Waals surface area contributed by atoms with Crippen molar-refractivity contribution in [3.05, 3.63) is 83.4 Å². The van der Waals surface area contributed by atoms with E-state index >= 15 is 0 Å². The molecule has 0 unspecified atom stereocenters. The van der Waals surface area contributed by atoms with Gasteiger partial charge in [0.25, 0.3) is 0 Å². The molecule has 0 aliphatic carbocycles. The molecule has 1 atom stereocenters. The Bertz CT molecular complexity index is 1060. The van der Waals surface area contributed by atoms with Gasteiger partial charge in [0.1, 0.15) is 11.5 Å². The molecule has 3 aromatic rings. The maximum absolute atomic E-state index is 14.8. The van der Waals surface area contributed by atoms with Crippen LogP contribution in [0.5, 0.6) is 11.5 Å². The highest BCUT2D eigenvalue weighted by atomic mass is 19.2. The maximum Gasteiger partial charge on any atom is 0.346 e. The summed E-state index contributed by atoms with van der Waals surface area (Å²) >= 11 is 0. The van der Waals surface area contributed by atoms with Crippen molar-refractivity contribution >= 4 is 5.97 Å². The van der Waals surface area contributed by atoms with Crippen LogP contribution in [0.3, 0.4) is 0 Å². The molecule has 174 valence electrons. The maximum atomic E-state index is 14.8. The lowest BCUT2D eigenvalue weighted by atomic mass is 9.99. The van der Waals surface area contributed by atoms with Gasteiger partial charge < -0.3 is 9.47 Å². The van der Waals surface area contributed by atoms with Crippen LogP contribution in [-0.4, -0.2) is 12.1 Å². The second-order valence-electron chi connectivity index (χ2n) is 8.14. The molecule has 0 saturated carbocycles. The summed E-state index contributed by atoms with van der Waals surface area (Å²) in [7, 11) is 0. The predicted octanol–water partition coefficient (Wildman–Crippen LogP) is 7.76. The molecule has 5 heteroatoms. The number of carbonyl (C=O) groups is 1. The number of ether oxygens (including phenoxy) is 2. The SMILES string of the molecule is CCCCCc1ccc(-c2ccc(C(=O)Oc3ccc(O[C@H](C)CC)cc3)c(F)c2F)cc1.